The number of benzene rings is 1. The molecule has 2 aliphatic rings. The van der Waals surface area contributed by atoms with Crippen molar-refractivity contribution in [1.82, 2.24) is 28.8 Å². The Morgan fingerprint density at radius 1 is 1.11 bits per heavy atom. The van der Waals surface area contributed by atoms with Gasteiger partial charge in [0, 0.05) is 32.5 Å². The van der Waals surface area contributed by atoms with Crippen LogP contribution in [0.4, 0.5) is 4.79 Å². The summed E-state index contributed by atoms with van der Waals surface area (Å²) in [6, 6.07) is 3.99. The summed E-state index contributed by atoms with van der Waals surface area (Å²) in [6.45, 7) is 9.24. The van der Waals surface area contributed by atoms with Crippen molar-refractivity contribution in [2.75, 3.05) is 27.7 Å². The average molecular weight is 762 g/mol. The van der Waals surface area contributed by atoms with Crippen LogP contribution in [0.1, 0.15) is 85.6 Å². The summed E-state index contributed by atoms with van der Waals surface area (Å²) in [5.74, 6) is -1.43. The van der Waals surface area contributed by atoms with Crippen LogP contribution in [0.3, 0.4) is 0 Å². The molecule has 0 radical (unpaired) electrons. The second kappa shape index (κ2) is 17.2. The molecular formula is C36H55N7O9S. The predicted molar refractivity (Wildman–Crippen MR) is 198 cm³/mol. The lowest BCUT2D eigenvalue weighted by molar-refractivity contribution is -0.139. The Hall–Kier alpha value is -4.38. The summed E-state index contributed by atoms with van der Waals surface area (Å²) in [4.78, 5) is 58.0. The molecule has 16 nitrogen and oxygen atoms in total. The standard InChI is InChI=1S/C36H55N7O9S/c1-22(2)43-27-17-14-18-29(50-8)30(27)39-34(43)51-24-20-28(31(37)44)42(21-24)33(46)26(38-35(47)52-36(3,4)5)16-13-11-9-10-12-15-23-19-25(23)32(45)40-53(48,49)41(6)7/h12,14-15,17-18,22-26,28H,9-11,13,16,19-21H2,1-8H3,(H2,37,44)(H,38,47)(H,40,45). The molecule has 4 amide bonds. The van der Waals surface area contributed by atoms with Gasteiger partial charge in [-0.25, -0.2) is 9.52 Å². The number of hydrogen-bond acceptors (Lipinski definition) is 10. The molecule has 1 aliphatic heterocycles. The van der Waals surface area contributed by atoms with Gasteiger partial charge >= 0.3 is 16.3 Å². The van der Waals surface area contributed by atoms with Crippen LogP contribution >= 0.6 is 0 Å². The molecule has 1 aliphatic carbocycles. The molecule has 4 rings (SSSR count). The first-order valence-corrected chi connectivity index (χ1v) is 19.5. The number of carbonyl (C=O) groups is 4. The Morgan fingerprint density at radius 2 is 1.83 bits per heavy atom. The number of unbranched alkanes of at least 4 members (excludes halogenated alkanes) is 3. The van der Waals surface area contributed by atoms with E-state index in [1.54, 1.807) is 27.9 Å². The number of aromatic nitrogens is 2. The summed E-state index contributed by atoms with van der Waals surface area (Å²) in [5.41, 5.74) is 6.46. The van der Waals surface area contributed by atoms with E-state index in [4.69, 9.17) is 24.9 Å². The number of carbonyl (C=O) groups excluding carboxylic acids is 4. The minimum absolute atomic E-state index is 0.00815. The second-order valence-electron chi connectivity index (χ2n) is 15.1. The average Bonchev–Trinajstić information content (AvgIpc) is 3.55. The predicted octanol–water partition coefficient (Wildman–Crippen LogP) is 3.42. The normalized spacial score (nSPS) is 20.9. The third-order valence-electron chi connectivity index (χ3n) is 9.16. The number of para-hydroxylation sites is 1. The topological polar surface area (TPSA) is 204 Å². The highest BCUT2D eigenvalue weighted by atomic mass is 32.2. The van der Waals surface area contributed by atoms with E-state index in [1.165, 1.54) is 19.0 Å². The van der Waals surface area contributed by atoms with Gasteiger partial charge in [0.1, 0.15) is 35.1 Å². The molecule has 53 heavy (non-hydrogen) atoms. The van der Waals surface area contributed by atoms with Crippen LogP contribution in [0.15, 0.2) is 30.4 Å². The van der Waals surface area contributed by atoms with Gasteiger partial charge in [-0.05, 0) is 78.4 Å². The molecule has 1 aromatic heterocycles. The maximum Gasteiger partial charge on any atom is 0.408 e. The molecule has 2 aromatic rings. The van der Waals surface area contributed by atoms with Crippen LogP contribution in [-0.4, -0.2) is 103 Å². The summed E-state index contributed by atoms with van der Waals surface area (Å²) in [5, 5.41) is 2.72. The molecule has 1 aromatic carbocycles. The van der Waals surface area contributed by atoms with E-state index in [2.05, 4.69) is 10.0 Å². The van der Waals surface area contributed by atoms with E-state index >= 15 is 0 Å². The maximum atomic E-state index is 14.1. The number of fused-ring (bicyclic) bond motifs is 1. The summed E-state index contributed by atoms with van der Waals surface area (Å²) in [6.07, 6.45) is 6.44. The van der Waals surface area contributed by atoms with Crippen molar-refractivity contribution in [3.63, 3.8) is 0 Å². The van der Waals surface area contributed by atoms with Crippen molar-refractivity contribution in [3.8, 4) is 11.8 Å². The zero-order chi connectivity index (χ0) is 39.2. The summed E-state index contributed by atoms with van der Waals surface area (Å²) < 4.78 is 46.2. The molecule has 17 heteroatoms. The van der Waals surface area contributed by atoms with Crippen LogP contribution in [0, 0.1) is 11.8 Å². The lowest BCUT2D eigenvalue weighted by atomic mass is 10.0. The van der Waals surface area contributed by atoms with Crippen LogP contribution in [0.5, 0.6) is 11.8 Å². The SMILES string of the molecule is COc1cccc2c1nc(OC1CC(C(N)=O)N(C(=O)C(CCCCCC=CC3CC3C(=O)NS(=O)(=O)N(C)C)NC(=O)OC(C)(C)C)C1)n2C(C)C. The Morgan fingerprint density at radius 3 is 2.45 bits per heavy atom. The van der Waals surface area contributed by atoms with E-state index in [0.717, 1.165) is 29.1 Å². The number of allylic oxidation sites excluding steroid dienone is 2. The first-order valence-electron chi connectivity index (χ1n) is 18.0. The van der Waals surface area contributed by atoms with E-state index in [9.17, 15) is 27.6 Å². The molecule has 5 atom stereocenters. The fourth-order valence-electron chi connectivity index (χ4n) is 6.35. The quantitative estimate of drug-likeness (QED) is 0.158. The third kappa shape index (κ3) is 10.8. The van der Waals surface area contributed by atoms with Crippen molar-refractivity contribution in [1.29, 1.82) is 0 Å². The molecule has 1 saturated carbocycles. The number of amides is 4. The molecule has 2 fully saturated rings. The van der Waals surface area contributed by atoms with Crippen LogP contribution in [-0.2, 0) is 29.3 Å². The van der Waals surface area contributed by atoms with Crippen LogP contribution < -0.4 is 25.2 Å². The highest BCUT2D eigenvalue weighted by Crippen LogP contribution is 2.40. The highest BCUT2D eigenvalue weighted by molar-refractivity contribution is 7.87. The number of nitrogens with zero attached hydrogens (tertiary/aromatic N) is 4. The number of hydrogen-bond donors (Lipinski definition) is 3. The van der Waals surface area contributed by atoms with Gasteiger partial charge in [-0.1, -0.05) is 31.1 Å². The van der Waals surface area contributed by atoms with Gasteiger partial charge in [0.25, 0.3) is 6.01 Å². The fourth-order valence-corrected chi connectivity index (χ4v) is 6.94. The largest absolute Gasteiger partial charge is 0.494 e. The fraction of sp³-hybridized carbons (Fsp3) is 0.639. The van der Waals surface area contributed by atoms with Crippen LogP contribution in [0.25, 0.3) is 11.0 Å². The molecular weight excluding hydrogens is 707 g/mol. The zero-order valence-corrected chi connectivity index (χ0v) is 32.8. The second-order valence-corrected chi connectivity index (χ2v) is 17.0. The zero-order valence-electron chi connectivity index (χ0n) is 32.0. The monoisotopic (exact) mass is 761 g/mol. The molecule has 0 spiro atoms. The Labute approximate surface area is 311 Å². The van der Waals surface area contributed by atoms with Gasteiger partial charge in [-0.2, -0.15) is 17.7 Å². The number of rotatable bonds is 17. The molecule has 2 heterocycles. The van der Waals surface area contributed by atoms with E-state index in [-0.39, 0.29) is 30.8 Å². The van der Waals surface area contributed by atoms with Gasteiger partial charge in [-0.15, -0.1) is 0 Å². The van der Waals surface area contributed by atoms with Gasteiger partial charge in [0.15, 0.2) is 0 Å². The van der Waals surface area contributed by atoms with Crippen molar-refractivity contribution < 1.29 is 41.8 Å². The first-order chi connectivity index (χ1) is 24.8. The summed E-state index contributed by atoms with van der Waals surface area (Å²) >= 11 is 0. The highest BCUT2D eigenvalue weighted by Gasteiger charge is 2.44. The molecule has 294 valence electrons. The molecule has 5 unspecified atom stereocenters. The minimum atomic E-state index is -3.82. The van der Waals surface area contributed by atoms with Crippen molar-refractivity contribution in [3.05, 3.63) is 30.4 Å². The molecule has 0 bridgehead atoms. The number of primary amides is 1. The number of imidazole rings is 1. The number of nitrogens with two attached hydrogens (primary N) is 1. The lowest BCUT2D eigenvalue weighted by Crippen LogP contribution is -2.53. The first kappa shape index (κ1) is 41.4. The van der Waals surface area contributed by atoms with Gasteiger partial charge in [0.05, 0.1) is 19.2 Å². The molecule has 1 saturated heterocycles. The van der Waals surface area contributed by atoms with Crippen LogP contribution in [0.2, 0.25) is 0 Å². The number of alkyl carbamates (subject to hydrolysis) is 1. The maximum absolute atomic E-state index is 14.1. The Kier molecular flexibility index (Phi) is 13.4. The minimum Gasteiger partial charge on any atom is -0.494 e. The smallest absolute Gasteiger partial charge is 0.408 e. The number of likely N-dealkylation sites (tertiary alicyclic amines) is 1. The number of methoxy groups -OCH3 is 1. The molecule has 4 N–H and O–H groups in total. The third-order valence-corrected chi connectivity index (χ3v) is 10.6. The van der Waals surface area contributed by atoms with Gasteiger partial charge in [0.2, 0.25) is 17.7 Å². The Balaban J connectivity index is 1.38. The van der Waals surface area contributed by atoms with Gasteiger partial charge < -0.3 is 30.2 Å². The number of nitrogens with one attached hydrogen (secondary N) is 2. The van der Waals surface area contributed by atoms with Crippen molar-refractivity contribution >= 4 is 45.1 Å². The lowest BCUT2D eigenvalue weighted by Gasteiger charge is -2.28. The van der Waals surface area contributed by atoms with E-state index < -0.39 is 57.8 Å². The van der Waals surface area contributed by atoms with Crippen molar-refractivity contribution in [2.24, 2.45) is 17.6 Å². The van der Waals surface area contributed by atoms with E-state index in [1.807, 2.05) is 48.8 Å². The van der Waals surface area contributed by atoms with E-state index in [0.29, 0.717) is 36.5 Å². The summed E-state index contributed by atoms with van der Waals surface area (Å²) in [7, 11) is 0.456. The number of ether oxygens (including phenoxy) is 3. The Bertz CT molecular complexity index is 1780. The van der Waals surface area contributed by atoms with Gasteiger partial charge in [-0.3, -0.25) is 19.0 Å². The van der Waals surface area contributed by atoms with Crippen molar-refractivity contribution in [2.45, 2.75) is 109 Å².